The van der Waals surface area contributed by atoms with Crippen LogP contribution in [0.5, 0.6) is 0 Å². The molecular formula is C20H24F3N7. The molecule has 0 saturated heterocycles. The van der Waals surface area contributed by atoms with Crippen LogP contribution >= 0.6 is 0 Å². The Morgan fingerprint density at radius 1 is 1.10 bits per heavy atom. The fraction of sp³-hybridized carbons (Fsp3) is 0.350. The maximum atomic E-state index is 13.8. The van der Waals surface area contributed by atoms with E-state index in [4.69, 9.17) is 0 Å². The van der Waals surface area contributed by atoms with Gasteiger partial charge < -0.3 is 16.0 Å². The van der Waals surface area contributed by atoms with Gasteiger partial charge in [0.15, 0.2) is 0 Å². The molecule has 1 aromatic carbocycles. The van der Waals surface area contributed by atoms with Gasteiger partial charge in [-0.3, -0.25) is 4.68 Å². The predicted molar refractivity (Wildman–Crippen MR) is 109 cm³/mol. The van der Waals surface area contributed by atoms with Crippen molar-refractivity contribution in [1.29, 1.82) is 0 Å². The van der Waals surface area contributed by atoms with Crippen molar-refractivity contribution < 1.29 is 13.2 Å². The Balaban J connectivity index is 1.58. The topological polar surface area (TPSA) is 79.7 Å². The minimum atomic E-state index is -0.961. The number of hydrogen-bond acceptors (Lipinski definition) is 6. The van der Waals surface area contributed by atoms with E-state index in [1.165, 1.54) is 6.20 Å². The molecule has 3 N–H and O–H groups in total. The van der Waals surface area contributed by atoms with Gasteiger partial charge in [-0.2, -0.15) is 10.1 Å². The highest BCUT2D eigenvalue weighted by atomic mass is 19.1. The third-order valence-corrected chi connectivity index (χ3v) is 4.09. The lowest BCUT2D eigenvalue weighted by molar-refractivity contribution is 0.405. The summed E-state index contributed by atoms with van der Waals surface area (Å²) in [5, 5.41) is 13.5. The molecule has 3 rings (SSSR count). The molecule has 3 aromatic rings. The number of hydrogen-bond donors (Lipinski definition) is 3. The molecule has 2 heterocycles. The molecule has 0 fully saturated rings. The molecule has 0 spiro atoms. The number of anilines is 3. The minimum Gasteiger partial charge on any atom is -0.366 e. The number of aromatic nitrogens is 4. The molecule has 0 saturated carbocycles. The van der Waals surface area contributed by atoms with E-state index in [2.05, 4.69) is 51.8 Å². The molecule has 7 nitrogen and oxygen atoms in total. The molecule has 30 heavy (non-hydrogen) atoms. The maximum absolute atomic E-state index is 13.8. The zero-order valence-electron chi connectivity index (χ0n) is 17.0. The molecule has 0 amide bonds. The van der Waals surface area contributed by atoms with E-state index in [0.717, 1.165) is 6.54 Å². The number of nitrogens with zero attached hydrogens (tertiary/aromatic N) is 4. The maximum Gasteiger partial charge on any atom is 0.229 e. The second kappa shape index (κ2) is 9.12. The highest BCUT2D eigenvalue weighted by molar-refractivity contribution is 5.52. The monoisotopic (exact) mass is 419 g/mol. The fourth-order valence-corrected chi connectivity index (χ4v) is 2.66. The molecule has 0 aliphatic heterocycles. The van der Waals surface area contributed by atoms with E-state index in [-0.39, 0.29) is 17.6 Å². The quantitative estimate of drug-likeness (QED) is 0.515. The standard InChI is InChI=1S/C20H24F3N7/c1-20(2,3)26-6-7-30-12-14(10-27-30)28-19-24-5-4-18(29-19)25-11-15-16(22)8-13(21)9-17(15)23/h4-5,8-10,12,26H,6-7,11H2,1-3H3,(H2,24,25,28,29). The van der Waals surface area contributed by atoms with Gasteiger partial charge in [-0.05, 0) is 26.8 Å². The van der Waals surface area contributed by atoms with Crippen molar-refractivity contribution >= 4 is 17.5 Å². The van der Waals surface area contributed by atoms with Crippen molar-refractivity contribution in [3.8, 4) is 0 Å². The normalized spacial score (nSPS) is 11.5. The Hall–Kier alpha value is -3.14. The summed E-state index contributed by atoms with van der Waals surface area (Å²) in [5.41, 5.74) is 0.475. The molecule has 0 aliphatic rings. The van der Waals surface area contributed by atoms with Gasteiger partial charge in [-0.15, -0.1) is 0 Å². The van der Waals surface area contributed by atoms with Crippen LogP contribution in [0.1, 0.15) is 26.3 Å². The molecule has 10 heteroatoms. The Bertz CT molecular complexity index is 975. The molecule has 160 valence electrons. The lowest BCUT2D eigenvalue weighted by atomic mass is 10.1. The van der Waals surface area contributed by atoms with Crippen molar-refractivity contribution in [3.05, 3.63) is 59.8 Å². The SMILES string of the molecule is CC(C)(C)NCCn1cc(Nc2nccc(NCc3c(F)cc(F)cc3F)n2)cn1. The van der Waals surface area contributed by atoms with Gasteiger partial charge in [0, 0.05) is 48.7 Å². The van der Waals surface area contributed by atoms with Crippen LogP contribution in [-0.4, -0.2) is 31.8 Å². The van der Waals surface area contributed by atoms with E-state index in [1.54, 1.807) is 16.9 Å². The molecule has 0 atom stereocenters. The number of nitrogens with one attached hydrogen (secondary N) is 3. The third-order valence-electron chi connectivity index (χ3n) is 4.09. The summed E-state index contributed by atoms with van der Waals surface area (Å²) >= 11 is 0. The van der Waals surface area contributed by atoms with Crippen LogP contribution < -0.4 is 16.0 Å². The van der Waals surface area contributed by atoms with Crippen molar-refractivity contribution in [2.45, 2.75) is 39.4 Å². The molecular weight excluding hydrogens is 395 g/mol. The summed E-state index contributed by atoms with van der Waals surface area (Å²) < 4.78 is 42.3. The van der Waals surface area contributed by atoms with Crippen molar-refractivity contribution in [1.82, 2.24) is 25.1 Å². The van der Waals surface area contributed by atoms with Crippen LogP contribution in [0.25, 0.3) is 0 Å². The first-order valence-electron chi connectivity index (χ1n) is 9.44. The Labute approximate surface area is 172 Å². The first-order chi connectivity index (χ1) is 14.2. The first-order valence-corrected chi connectivity index (χ1v) is 9.44. The smallest absolute Gasteiger partial charge is 0.229 e. The Morgan fingerprint density at radius 3 is 2.53 bits per heavy atom. The first kappa shape index (κ1) is 21.6. The van der Waals surface area contributed by atoms with Crippen molar-refractivity contribution in [2.75, 3.05) is 17.2 Å². The van der Waals surface area contributed by atoms with Gasteiger partial charge in [0.05, 0.1) is 18.4 Å². The van der Waals surface area contributed by atoms with Crippen LogP contribution in [0, 0.1) is 17.5 Å². The fourth-order valence-electron chi connectivity index (χ4n) is 2.66. The second-order valence-electron chi connectivity index (χ2n) is 7.76. The minimum absolute atomic E-state index is 0.0370. The number of rotatable bonds is 8. The Kier molecular flexibility index (Phi) is 6.56. The number of benzene rings is 1. The number of halogens is 3. The van der Waals surface area contributed by atoms with Crippen LogP contribution in [0.3, 0.4) is 0 Å². The lowest BCUT2D eigenvalue weighted by Crippen LogP contribution is -2.37. The van der Waals surface area contributed by atoms with Gasteiger partial charge in [0.25, 0.3) is 0 Å². The predicted octanol–water partition coefficient (Wildman–Crippen LogP) is 3.83. The lowest BCUT2D eigenvalue weighted by Gasteiger charge is -2.20. The summed E-state index contributed by atoms with van der Waals surface area (Å²) in [6.45, 7) is 7.58. The Morgan fingerprint density at radius 2 is 1.83 bits per heavy atom. The highest BCUT2D eigenvalue weighted by Gasteiger charge is 2.12. The van der Waals surface area contributed by atoms with Crippen LogP contribution in [0.2, 0.25) is 0 Å². The summed E-state index contributed by atoms with van der Waals surface area (Å²) in [6, 6.07) is 2.84. The zero-order valence-corrected chi connectivity index (χ0v) is 17.0. The van der Waals surface area contributed by atoms with Crippen LogP contribution in [-0.2, 0) is 13.1 Å². The largest absolute Gasteiger partial charge is 0.366 e. The van der Waals surface area contributed by atoms with Gasteiger partial charge in [0.1, 0.15) is 23.3 Å². The summed E-state index contributed by atoms with van der Waals surface area (Å²) in [4.78, 5) is 8.39. The van der Waals surface area contributed by atoms with Gasteiger partial charge in [-0.25, -0.2) is 18.2 Å². The van der Waals surface area contributed by atoms with E-state index < -0.39 is 17.5 Å². The molecule has 0 radical (unpaired) electrons. The average molecular weight is 419 g/mol. The average Bonchev–Trinajstić information content (AvgIpc) is 3.07. The summed E-state index contributed by atoms with van der Waals surface area (Å²) in [6.07, 6.45) is 4.99. The summed E-state index contributed by atoms with van der Waals surface area (Å²) in [5.74, 6) is -2.22. The van der Waals surface area contributed by atoms with E-state index in [1.807, 2.05) is 6.20 Å². The van der Waals surface area contributed by atoms with Crippen molar-refractivity contribution in [2.24, 2.45) is 0 Å². The van der Waals surface area contributed by atoms with E-state index >= 15 is 0 Å². The summed E-state index contributed by atoms with van der Waals surface area (Å²) in [7, 11) is 0. The highest BCUT2D eigenvalue weighted by Crippen LogP contribution is 2.17. The molecule has 0 bridgehead atoms. The van der Waals surface area contributed by atoms with E-state index in [9.17, 15) is 13.2 Å². The van der Waals surface area contributed by atoms with Gasteiger partial charge in [0.2, 0.25) is 5.95 Å². The zero-order chi connectivity index (χ0) is 21.7. The third kappa shape index (κ3) is 6.18. The molecule has 0 aliphatic carbocycles. The van der Waals surface area contributed by atoms with Crippen LogP contribution in [0.15, 0.2) is 36.8 Å². The van der Waals surface area contributed by atoms with Gasteiger partial charge in [-0.1, -0.05) is 0 Å². The van der Waals surface area contributed by atoms with Crippen molar-refractivity contribution in [3.63, 3.8) is 0 Å². The second-order valence-corrected chi connectivity index (χ2v) is 7.76. The molecule has 0 unspecified atom stereocenters. The van der Waals surface area contributed by atoms with Gasteiger partial charge >= 0.3 is 0 Å². The van der Waals surface area contributed by atoms with E-state index in [0.29, 0.717) is 36.1 Å². The molecule has 2 aromatic heterocycles. The van der Waals surface area contributed by atoms with Crippen LogP contribution in [0.4, 0.5) is 30.6 Å².